The first-order valence-corrected chi connectivity index (χ1v) is 12.1. The molecule has 2 aromatic carbocycles. The Hall–Kier alpha value is -1.70. The minimum atomic E-state index is -0.210. The lowest BCUT2D eigenvalue weighted by atomic mass is 9.63. The summed E-state index contributed by atoms with van der Waals surface area (Å²) in [5.41, 5.74) is 1.69. The molecule has 4 unspecified atom stereocenters. The highest BCUT2D eigenvalue weighted by molar-refractivity contribution is 5.85. The Bertz CT molecular complexity index is 897. The summed E-state index contributed by atoms with van der Waals surface area (Å²) < 4.78 is 30.0. The Morgan fingerprint density at radius 2 is 1.73 bits per heavy atom. The normalized spacial score (nSPS) is 26.9. The number of halogens is 2. The van der Waals surface area contributed by atoms with Gasteiger partial charge in [0, 0.05) is 5.39 Å². The predicted octanol–water partition coefficient (Wildman–Crippen LogP) is 8.73. The van der Waals surface area contributed by atoms with Gasteiger partial charge in [-0.25, -0.2) is 8.78 Å². The van der Waals surface area contributed by atoms with Crippen LogP contribution in [0, 0.1) is 29.4 Å². The molecule has 0 N–H and O–H groups in total. The second kappa shape index (κ2) is 9.62. The highest BCUT2D eigenvalue weighted by Crippen LogP contribution is 2.49. The summed E-state index contributed by atoms with van der Waals surface area (Å²) in [7, 11) is 0. The van der Waals surface area contributed by atoms with Gasteiger partial charge in [0.2, 0.25) is 0 Å². The second-order valence-electron chi connectivity index (χ2n) is 9.78. The summed E-state index contributed by atoms with van der Waals surface area (Å²) in [5.74, 6) is 2.35. The van der Waals surface area contributed by atoms with E-state index >= 15 is 4.39 Å². The molecule has 2 aliphatic carbocycles. The second-order valence-corrected chi connectivity index (χ2v) is 9.78. The van der Waals surface area contributed by atoms with E-state index < -0.39 is 0 Å². The third-order valence-corrected chi connectivity index (χ3v) is 7.77. The van der Waals surface area contributed by atoms with Crippen molar-refractivity contribution in [1.82, 2.24) is 0 Å². The number of allylic oxidation sites excluding steroid dienone is 2. The molecule has 2 heteroatoms. The molecule has 0 amide bonds. The smallest absolute Gasteiger partial charge is 0.131 e. The fraction of sp³-hybridized carbons (Fsp3) is 0.571. The number of hydrogen-bond acceptors (Lipinski definition) is 0. The molecule has 0 saturated heterocycles. The van der Waals surface area contributed by atoms with Crippen LogP contribution in [0.3, 0.4) is 0 Å². The first kappa shape index (κ1) is 21.5. The van der Waals surface area contributed by atoms with Gasteiger partial charge in [-0.2, -0.15) is 0 Å². The maximum atomic E-state index is 15.1. The van der Waals surface area contributed by atoms with Crippen LogP contribution in [0.4, 0.5) is 8.78 Å². The van der Waals surface area contributed by atoms with Crippen LogP contribution in [0.15, 0.2) is 36.4 Å². The van der Waals surface area contributed by atoms with Crippen LogP contribution < -0.4 is 0 Å². The number of hydrogen-bond donors (Lipinski definition) is 0. The average Bonchev–Trinajstić information content (AvgIpc) is 2.73. The van der Waals surface area contributed by atoms with Crippen molar-refractivity contribution in [2.24, 2.45) is 17.8 Å². The van der Waals surface area contributed by atoms with Gasteiger partial charge >= 0.3 is 0 Å². The van der Waals surface area contributed by atoms with Crippen LogP contribution in [0.5, 0.6) is 0 Å². The number of rotatable bonds is 6. The van der Waals surface area contributed by atoms with Crippen LogP contribution in [0.25, 0.3) is 10.8 Å². The molecule has 4 atom stereocenters. The topological polar surface area (TPSA) is 0 Å². The number of benzene rings is 2. The van der Waals surface area contributed by atoms with Gasteiger partial charge in [-0.05, 0) is 110 Å². The molecule has 0 bridgehead atoms. The van der Waals surface area contributed by atoms with Crippen molar-refractivity contribution >= 4 is 10.8 Å². The van der Waals surface area contributed by atoms with E-state index in [4.69, 9.17) is 0 Å². The van der Waals surface area contributed by atoms with Crippen LogP contribution in [-0.4, -0.2) is 0 Å². The van der Waals surface area contributed by atoms with Crippen LogP contribution in [0.1, 0.15) is 88.7 Å². The van der Waals surface area contributed by atoms with Crippen molar-refractivity contribution < 1.29 is 8.78 Å². The van der Waals surface area contributed by atoms with E-state index in [1.165, 1.54) is 38.5 Å². The van der Waals surface area contributed by atoms with Gasteiger partial charge in [-0.15, -0.1) is 0 Å². The zero-order valence-corrected chi connectivity index (χ0v) is 18.6. The zero-order valence-electron chi connectivity index (χ0n) is 18.6. The lowest BCUT2D eigenvalue weighted by Crippen LogP contribution is -2.30. The van der Waals surface area contributed by atoms with E-state index in [1.54, 1.807) is 12.1 Å². The maximum absolute atomic E-state index is 15.1. The van der Waals surface area contributed by atoms with E-state index in [0.29, 0.717) is 10.8 Å². The lowest BCUT2D eigenvalue weighted by Gasteiger charge is -2.42. The zero-order chi connectivity index (χ0) is 21.1. The molecule has 0 aliphatic heterocycles. The summed E-state index contributed by atoms with van der Waals surface area (Å²) in [6.45, 7) is 4.28. The molecule has 0 spiro atoms. The molecule has 2 saturated carbocycles. The summed E-state index contributed by atoms with van der Waals surface area (Å²) in [6.07, 6.45) is 15.7. The van der Waals surface area contributed by atoms with Crippen molar-refractivity contribution in [3.63, 3.8) is 0 Å². The van der Waals surface area contributed by atoms with Crippen molar-refractivity contribution in [2.45, 2.75) is 84.0 Å². The standard InChI is InChI=1S/C28H36F2/c1-3-5-6-8-20-14-24-17-28(30)25(18-26(24)27(29)15-20)23-12-11-21-13-19(7-4-2)9-10-22(21)16-23/h3,5,14-15,17-19,21-23H,4,6-13,16H2,1-2H3/b5-3+. The molecule has 0 aromatic heterocycles. The van der Waals surface area contributed by atoms with Crippen molar-refractivity contribution in [2.75, 3.05) is 0 Å². The van der Waals surface area contributed by atoms with Crippen molar-refractivity contribution in [3.8, 4) is 0 Å². The first-order valence-electron chi connectivity index (χ1n) is 12.1. The number of fused-ring (bicyclic) bond motifs is 2. The van der Waals surface area contributed by atoms with E-state index in [9.17, 15) is 4.39 Å². The van der Waals surface area contributed by atoms with Gasteiger partial charge in [-0.3, -0.25) is 0 Å². The summed E-state index contributed by atoms with van der Waals surface area (Å²) in [5, 5.41) is 1.27. The first-order chi connectivity index (χ1) is 14.6. The summed E-state index contributed by atoms with van der Waals surface area (Å²) >= 11 is 0. The van der Waals surface area contributed by atoms with Gasteiger partial charge in [0.15, 0.2) is 0 Å². The molecule has 2 fully saturated rings. The van der Waals surface area contributed by atoms with Gasteiger partial charge in [-0.1, -0.05) is 44.4 Å². The number of aryl methyl sites for hydroxylation is 1. The van der Waals surface area contributed by atoms with Gasteiger partial charge in [0.05, 0.1) is 0 Å². The lowest BCUT2D eigenvalue weighted by molar-refractivity contribution is 0.113. The van der Waals surface area contributed by atoms with E-state index in [-0.39, 0.29) is 17.6 Å². The average molecular weight is 411 g/mol. The monoisotopic (exact) mass is 410 g/mol. The van der Waals surface area contributed by atoms with Crippen molar-refractivity contribution in [1.29, 1.82) is 0 Å². The van der Waals surface area contributed by atoms with E-state index in [0.717, 1.165) is 54.6 Å². The van der Waals surface area contributed by atoms with Gasteiger partial charge < -0.3 is 0 Å². The Morgan fingerprint density at radius 1 is 0.933 bits per heavy atom. The van der Waals surface area contributed by atoms with E-state index in [1.807, 2.05) is 25.1 Å². The molecule has 30 heavy (non-hydrogen) atoms. The molecular weight excluding hydrogens is 374 g/mol. The fourth-order valence-electron chi connectivity index (χ4n) is 6.23. The predicted molar refractivity (Wildman–Crippen MR) is 123 cm³/mol. The quantitative estimate of drug-likeness (QED) is 0.418. The molecule has 4 rings (SSSR count). The SMILES string of the molecule is C/C=C/CCc1cc(F)c2cc(C3CCC4CC(CCC)CCC4C3)c(F)cc2c1. The van der Waals surface area contributed by atoms with E-state index in [2.05, 4.69) is 13.0 Å². The highest BCUT2D eigenvalue weighted by atomic mass is 19.1. The maximum Gasteiger partial charge on any atom is 0.131 e. The minimum absolute atomic E-state index is 0.143. The Kier molecular flexibility index (Phi) is 6.91. The highest BCUT2D eigenvalue weighted by Gasteiger charge is 2.36. The van der Waals surface area contributed by atoms with Crippen LogP contribution in [0.2, 0.25) is 0 Å². The van der Waals surface area contributed by atoms with Crippen LogP contribution in [-0.2, 0) is 6.42 Å². The molecule has 0 heterocycles. The molecular formula is C28H36F2. The van der Waals surface area contributed by atoms with Gasteiger partial charge in [0.1, 0.15) is 11.6 Å². The van der Waals surface area contributed by atoms with Crippen molar-refractivity contribution in [3.05, 3.63) is 59.2 Å². The summed E-state index contributed by atoms with van der Waals surface area (Å²) in [6, 6.07) is 7.00. The van der Waals surface area contributed by atoms with Crippen LogP contribution >= 0.6 is 0 Å². The minimum Gasteiger partial charge on any atom is -0.207 e. The Morgan fingerprint density at radius 3 is 2.53 bits per heavy atom. The molecule has 0 nitrogen and oxygen atoms in total. The third kappa shape index (κ3) is 4.63. The molecule has 162 valence electrons. The molecule has 0 radical (unpaired) electrons. The van der Waals surface area contributed by atoms with Gasteiger partial charge in [0.25, 0.3) is 0 Å². The molecule has 2 aliphatic rings. The largest absolute Gasteiger partial charge is 0.207 e. The Balaban J connectivity index is 1.53. The fourth-order valence-corrected chi connectivity index (χ4v) is 6.23. The molecule has 2 aromatic rings. The summed E-state index contributed by atoms with van der Waals surface area (Å²) in [4.78, 5) is 0. The third-order valence-electron chi connectivity index (χ3n) is 7.77. The Labute approximate surface area is 180 Å².